The van der Waals surface area contributed by atoms with E-state index >= 15 is 0 Å². The third-order valence-corrected chi connectivity index (χ3v) is 0. The lowest BCUT2D eigenvalue weighted by atomic mass is 10.2. The monoisotopic (exact) mass is 262 g/mol. The van der Waals surface area contributed by atoms with Gasteiger partial charge < -0.3 is 0 Å². The maximum atomic E-state index is 11.7. The zero-order valence-electron chi connectivity index (χ0n) is 13.9. The first-order chi connectivity index (χ1) is 7.20. The summed E-state index contributed by atoms with van der Waals surface area (Å²) in [5.41, 5.74) is 1.33. The molecule has 0 amide bonds. The van der Waals surface area contributed by atoms with E-state index in [4.69, 9.17) is 0 Å². The Morgan fingerprint density at radius 1 is 0.833 bits per heavy atom. The van der Waals surface area contributed by atoms with Crippen LogP contribution in [-0.4, -0.2) is 5.67 Å². The molecule has 0 radical (unpaired) electrons. The molecule has 0 atom stereocenters. The van der Waals surface area contributed by atoms with Crippen LogP contribution in [0.3, 0.4) is 0 Å². The van der Waals surface area contributed by atoms with E-state index in [0.717, 1.165) is 5.92 Å². The molecule has 0 unspecified atom stereocenters. The van der Waals surface area contributed by atoms with Gasteiger partial charge in [-0.25, -0.2) is 4.39 Å². The first kappa shape index (κ1) is 30.4. The van der Waals surface area contributed by atoms with Crippen LogP contribution in [0.2, 0.25) is 0 Å². The fraction of sp³-hybridized carbons (Fsp3) is 0.765. The number of rotatable bonds is 0. The second-order valence-corrected chi connectivity index (χ2v) is 6.21. The molecule has 18 heavy (non-hydrogen) atoms. The lowest BCUT2D eigenvalue weighted by molar-refractivity contribution is 0.246. The molecule has 0 spiro atoms. The Hall–Kier alpha value is -0.590. The van der Waals surface area contributed by atoms with E-state index in [9.17, 15) is 4.39 Å². The quantitative estimate of drug-likeness (QED) is 0.404. The van der Waals surface area contributed by atoms with Gasteiger partial charge in [-0.2, -0.15) is 0 Å². The van der Waals surface area contributed by atoms with Gasteiger partial charge >= 0.3 is 0 Å². The van der Waals surface area contributed by atoms with Gasteiger partial charge in [-0.05, 0) is 54.4 Å². The van der Waals surface area contributed by atoms with Crippen molar-refractivity contribution in [2.24, 2.45) is 5.92 Å². The fourth-order valence-corrected chi connectivity index (χ4v) is 0. The molecule has 0 nitrogen and oxygen atoms in total. The Kier molecular flexibility index (Phi) is 31.7. The van der Waals surface area contributed by atoms with Crippen LogP contribution in [0.1, 0.15) is 76.7 Å². The maximum absolute atomic E-state index is 11.7. The number of hydrogen-bond acceptors (Lipinski definition) is 0. The van der Waals surface area contributed by atoms with Crippen molar-refractivity contribution >= 4 is 0 Å². The largest absolute Gasteiger partial charge is 0.245 e. The summed E-state index contributed by atoms with van der Waals surface area (Å²) in [7, 11) is 0. The topological polar surface area (TPSA) is 0 Å². The molecule has 0 aliphatic rings. The molecule has 0 aromatic carbocycles. The average molecular weight is 262 g/mol. The van der Waals surface area contributed by atoms with Crippen LogP contribution in [0.5, 0.6) is 0 Å². The lowest BCUT2D eigenvalue weighted by Gasteiger charge is -1.99. The van der Waals surface area contributed by atoms with E-state index in [1.54, 1.807) is 0 Å². The molecule has 0 aromatic heterocycles. The van der Waals surface area contributed by atoms with Crippen LogP contribution in [0.4, 0.5) is 4.39 Å². The van der Waals surface area contributed by atoms with E-state index in [1.807, 2.05) is 27.7 Å². The third kappa shape index (κ3) is 9190. The molecule has 0 N–H and O–H groups in total. The van der Waals surface area contributed by atoms with E-state index in [1.165, 1.54) is 31.9 Å². The van der Waals surface area contributed by atoms with Gasteiger partial charge in [0.25, 0.3) is 0 Å². The van der Waals surface area contributed by atoms with Crippen molar-refractivity contribution in [3.8, 4) is 0 Å². The molecule has 0 aliphatic carbocycles. The SMILES string of the molecule is C.C=C(C)C.C=C(C)C.CC(C)(C)F.CC(C)C. The van der Waals surface area contributed by atoms with Crippen LogP contribution in [0, 0.1) is 5.92 Å². The van der Waals surface area contributed by atoms with E-state index in [-0.39, 0.29) is 7.43 Å². The molecule has 0 aromatic rings. The minimum atomic E-state index is -1.00. The highest BCUT2D eigenvalue weighted by atomic mass is 19.1. The Bertz CT molecular complexity index is 142. The van der Waals surface area contributed by atoms with E-state index < -0.39 is 5.67 Å². The third-order valence-electron chi connectivity index (χ3n) is 0. The van der Waals surface area contributed by atoms with E-state index in [2.05, 4.69) is 33.9 Å². The normalized spacial score (nSPS) is 8.22. The Labute approximate surface area is 117 Å². The van der Waals surface area contributed by atoms with Crippen molar-refractivity contribution in [1.82, 2.24) is 0 Å². The summed E-state index contributed by atoms with van der Waals surface area (Å²) < 4.78 is 11.7. The van der Waals surface area contributed by atoms with Gasteiger partial charge in [-0.3, -0.25) is 0 Å². The van der Waals surface area contributed by atoms with Crippen LogP contribution >= 0.6 is 0 Å². The smallest absolute Gasteiger partial charge is 0.102 e. The number of hydrogen-bond donors (Lipinski definition) is 0. The average Bonchev–Trinajstić information content (AvgIpc) is 1.73. The highest BCUT2D eigenvalue weighted by Gasteiger charge is 2.01. The molecular formula is C17H39F. The molecule has 0 heterocycles. The Balaban J connectivity index is -0.0000000412. The molecule has 0 bridgehead atoms. The van der Waals surface area contributed by atoms with Crippen molar-refractivity contribution in [3.05, 3.63) is 24.3 Å². The number of alkyl halides is 1. The van der Waals surface area contributed by atoms with Gasteiger partial charge in [0.2, 0.25) is 0 Å². The highest BCUT2D eigenvalue weighted by Crippen LogP contribution is 2.02. The van der Waals surface area contributed by atoms with Crippen molar-refractivity contribution in [2.75, 3.05) is 0 Å². The van der Waals surface area contributed by atoms with Crippen LogP contribution in [0.25, 0.3) is 0 Å². The summed E-state index contributed by atoms with van der Waals surface area (Å²) in [5.74, 6) is 0.833. The van der Waals surface area contributed by atoms with Crippen LogP contribution in [-0.2, 0) is 0 Å². The minimum Gasteiger partial charge on any atom is -0.245 e. The van der Waals surface area contributed by atoms with Gasteiger partial charge in [-0.15, -0.1) is 13.2 Å². The molecule has 0 saturated carbocycles. The highest BCUT2D eigenvalue weighted by molar-refractivity contribution is 4.79. The summed E-state index contributed by atoms with van der Waals surface area (Å²) in [6, 6.07) is 0. The molecule has 0 fully saturated rings. The molecular weight excluding hydrogens is 223 g/mol. The second kappa shape index (κ2) is 18.8. The summed E-state index contributed by atoms with van der Waals surface area (Å²) in [4.78, 5) is 0. The van der Waals surface area contributed by atoms with Gasteiger partial charge in [0.15, 0.2) is 0 Å². The maximum Gasteiger partial charge on any atom is 0.102 e. The predicted molar refractivity (Wildman–Crippen MR) is 89.1 cm³/mol. The number of allylic oxidation sites excluding steroid dienone is 2. The Morgan fingerprint density at radius 3 is 0.833 bits per heavy atom. The summed E-state index contributed by atoms with van der Waals surface area (Å²) >= 11 is 0. The van der Waals surface area contributed by atoms with E-state index in [0.29, 0.717) is 0 Å². The molecule has 0 rings (SSSR count). The zero-order valence-corrected chi connectivity index (χ0v) is 13.9. The van der Waals surface area contributed by atoms with Gasteiger partial charge in [0.05, 0.1) is 0 Å². The molecule has 0 aliphatic heterocycles. The van der Waals surface area contributed by atoms with Crippen molar-refractivity contribution in [2.45, 2.75) is 82.3 Å². The van der Waals surface area contributed by atoms with Crippen LogP contribution < -0.4 is 0 Å². The van der Waals surface area contributed by atoms with Gasteiger partial charge in [-0.1, -0.05) is 39.3 Å². The summed E-state index contributed by atoms with van der Waals surface area (Å²) in [6.07, 6.45) is 0. The lowest BCUT2D eigenvalue weighted by Crippen LogP contribution is -2.01. The van der Waals surface area contributed by atoms with Crippen molar-refractivity contribution in [3.63, 3.8) is 0 Å². The Morgan fingerprint density at radius 2 is 0.833 bits per heavy atom. The van der Waals surface area contributed by atoms with Crippen LogP contribution in [0.15, 0.2) is 24.3 Å². The summed E-state index contributed by atoms with van der Waals surface area (Å²) in [6.45, 7) is 26.1. The van der Waals surface area contributed by atoms with Crippen molar-refractivity contribution in [1.29, 1.82) is 0 Å². The van der Waals surface area contributed by atoms with Crippen molar-refractivity contribution < 1.29 is 4.39 Å². The predicted octanol–water partition coefficient (Wildman–Crippen LogP) is 7.22. The molecule has 0 saturated heterocycles. The first-order valence-electron chi connectivity index (χ1n) is 6.13. The molecule has 1 heteroatoms. The zero-order chi connectivity index (χ0) is 15.2. The summed E-state index contributed by atoms with van der Waals surface area (Å²) in [5, 5.41) is 0. The fourth-order valence-electron chi connectivity index (χ4n) is 0. The minimum absolute atomic E-state index is 0. The standard InChI is InChI=1S/C4H9F.C4H10.2C4H8.CH4/c1-4(2,3)5;3*1-4(2)3;/h1-3H3;4H,1-3H3;2*1H2,2-3H3;1H4. The second-order valence-electron chi connectivity index (χ2n) is 6.21. The van der Waals surface area contributed by atoms with Gasteiger partial charge in [0, 0.05) is 0 Å². The molecule has 114 valence electrons. The van der Waals surface area contributed by atoms with Gasteiger partial charge in [0.1, 0.15) is 5.67 Å². The number of halogens is 1. The first-order valence-corrected chi connectivity index (χ1v) is 6.13.